The lowest BCUT2D eigenvalue weighted by Crippen LogP contribution is -2.48. The molecule has 0 N–H and O–H groups in total. The highest BCUT2D eigenvalue weighted by atomic mass is 19.1. The minimum atomic E-state index is -0.182. The van der Waals surface area contributed by atoms with Gasteiger partial charge in [0.05, 0.1) is 31.5 Å². The van der Waals surface area contributed by atoms with Gasteiger partial charge in [-0.25, -0.2) is 9.07 Å². The number of hydrogen-bond donors (Lipinski definition) is 0. The van der Waals surface area contributed by atoms with Crippen LogP contribution < -0.4 is 9.64 Å². The highest BCUT2D eigenvalue weighted by molar-refractivity contribution is 5.48. The molecule has 0 aliphatic carbocycles. The molecule has 9 heteroatoms. The van der Waals surface area contributed by atoms with Crippen LogP contribution in [0, 0.1) is 5.82 Å². The van der Waals surface area contributed by atoms with E-state index in [1.165, 1.54) is 6.07 Å². The van der Waals surface area contributed by atoms with Crippen LogP contribution in [0.3, 0.4) is 0 Å². The van der Waals surface area contributed by atoms with Crippen molar-refractivity contribution in [3.63, 3.8) is 0 Å². The maximum absolute atomic E-state index is 14.3. The molecule has 2 saturated heterocycles. The monoisotopic (exact) mass is 452 g/mol. The molecule has 174 valence electrons. The van der Waals surface area contributed by atoms with E-state index in [1.807, 2.05) is 28.9 Å². The standard InChI is InChI=1S/C24H29FN6O2/c1-32-19-10-8-18(9-11-19)23(24-26-27-28-31(24)17-20-5-4-16-33-20)30-14-12-29(13-15-30)22-7-3-2-6-21(22)25/h2-3,6-11,20,23H,4-5,12-17H2,1H3/t20-,23+/m1/s1. The fraction of sp³-hybridized carbons (Fsp3) is 0.458. The summed E-state index contributed by atoms with van der Waals surface area (Å²) in [6.07, 6.45) is 2.23. The normalized spacial score (nSPS) is 20.2. The Hall–Kier alpha value is -3.04. The molecule has 3 heterocycles. The molecule has 2 aliphatic rings. The van der Waals surface area contributed by atoms with Crippen molar-refractivity contribution in [3.05, 3.63) is 65.7 Å². The Morgan fingerprint density at radius 1 is 1.09 bits per heavy atom. The van der Waals surface area contributed by atoms with E-state index in [4.69, 9.17) is 9.47 Å². The van der Waals surface area contributed by atoms with E-state index in [0.29, 0.717) is 12.2 Å². The SMILES string of the molecule is COc1ccc([C@@H](c2nnnn2C[C@H]2CCCO2)N2CCN(c3ccccc3F)CC2)cc1. The molecular formula is C24H29FN6O2. The van der Waals surface area contributed by atoms with Crippen LogP contribution in [0.2, 0.25) is 0 Å². The van der Waals surface area contributed by atoms with Gasteiger partial charge in [-0.15, -0.1) is 5.10 Å². The molecule has 0 unspecified atom stereocenters. The lowest BCUT2D eigenvalue weighted by Gasteiger charge is -2.40. The number of anilines is 1. The number of ether oxygens (including phenoxy) is 2. The second-order valence-corrected chi connectivity index (χ2v) is 8.50. The second kappa shape index (κ2) is 9.84. The zero-order chi connectivity index (χ0) is 22.6. The summed E-state index contributed by atoms with van der Waals surface area (Å²) < 4.78 is 27.4. The van der Waals surface area contributed by atoms with Crippen molar-refractivity contribution in [1.29, 1.82) is 0 Å². The Bertz CT molecular complexity index is 1050. The summed E-state index contributed by atoms with van der Waals surface area (Å²) in [5, 5.41) is 12.7. The number of methoxy groups -OCH3 is 1. The van der Waals surface area contributed by atoms with Crippen LogP contribution >= 0.6 is 0 Å². The van der Waals surface area contributed by atoms with Crippen molar-refractivity contribution in [1.82, 2.24) is 25.1 Å². The topological polar surface area (TPSA) is 68.5 Å². The number of para-hydroxylation sites is 1. The zero-order valence-electron chi connectivity index (χ0n) is 18.8. The first-order valence-corrected chi connectivity index (χ1v) is 11.5. The predicted molar refractivity (Wildman–Crippen MR) is 122 cm³/mol. The van der Waals surface area contributed by atoms with E-state index in [0.717, 1.165) is 62.8 Å². The molecular weight excluding hydrogens is 423 g/mol. The number of aromatic nitrogens is 4. The van der Waals surface area contributed by atoms with Crippen LogP contribution in [0.15, 0.2) is 48.5 Å². The molecule has 1 aromatic heterocycles. The summed E-state index contributed by atoms with van der Waals surface area (Å²) in [5.74, 6) is 1.42. The summed E-state index contributed by atoms with van der Waals surface area (Å²) in [5.41, 5.74) is 1.75. The molecule has 0 spiro atoms. The molecule has 0 bridgehead atoms. The molecule has 0 saturated carbocycles. The summed E-state index contributed by atoms with van der Waals surface area (Å²) >= 11 is 0. The minimum absolute atomic E-state index is 0.116. The van der Waals surface area contributed by atoms with Gasteiger partial charge in [0, 0.05) is 32.8 Å². The maximum atomic E-state index is 14.3. The summed E-state index contributed by atoms with van der Waals surface area (Å²) in [7, 11) is 1.66. The third-order valence-corrected chi connectivity index (χ3v) is 6.51. The van der Waals surface area contributed by atoms with Crippen molar-refractivity contribution < 1.29 is 13.9 Å². The van der Waals surface area contributed by atoms with Gasteiger partial charge in [0.15, 0.2) is 5.82 Å². The van der Waals surface area contributed by atoms with Crippen molar-refractivity contribution >= 4 is 5.69 Å². The van der Waals surface area contributed by atoms with Crippen molar-refractivity contribution in [2.45, 2.75) is 31.5 Å². The summed E-state index contributed by atoms with van der Waals surface area (Å²) in [6, 6.07) is 14.9. The average molecular weight is 453 g/mol. The van der Waals surface area contributed by atoms with Crippen LogP contribution in [0.1, 0.15) is 30.3 Å². The predicted octanol–water partition coefficient (Wildman–Crippen LogP) is 2.91. The maximum Gasteiger partial charge on any atom is 0.173 e. The van der Waals surface area contributed by atoms with E-state index in [1.54, 1.807) is 13.2 Å². The summed E-state index contributed by atoms with van der Waals surface area (Å²) in [6.45, 7) is 4.41. The van der Waals surface area contributed by atoms with Crippen LogP contribution in [0.25, 0.3) is 0 Å². The largest absolute Gasteiger partial charge is 0.497 e. The van der Waals surface area contributed by atoms with Gasteiger partial charge in [-0.1, -0.05) is 24.3 Å². The third kappa shape index (κ3) is 4.69. The van der Waals surface area contributed by atoms with Gasteiger partial charge in [-0.3, -0.25) is 4.90 Å². The minimum Gasteiger partial charge on any atom is -0.497 e. The van der Waals surface area contributed by atoms with Gasteiger partial charge in [0.25, 0.3) is 0 Å². The van der Waals surface area contributed by atoms with E-state index >= 15 is 0 Å². The number of halogens is 1. The van der Waals surface area contributed by atoms with Gasteiger partial charge in [-0.2, -0.15) is 0 Å². The van der Waals surface area contributed by atoms with Gasteiger partial charge in [0.1, 0.15) is 11.6 Å². The second-order valence-electron chi connectivity index (χ2n) is 8.50. The Balaban J connectivity index is 1.40. The smallest absolute Gasteiger partial charge is 0.173 e. The van der Waals surface area contributed by atoms with Crippen molar-refractivity contribution in [2.24, 2.45) is 0 Å². The van der Waals surface area contributed by atoms with E-state index in [2.05, 4.69) is 37.5 Å². The molecule has 33 heavy (non-hydrogen) atoms. The first-order valence-electron chi connectivity index (χ1n) is 11.5. The van der Waals surface area contributed by atoms with Crippen molar-refractivity contribution in [3.8, 4) is 5.75 Å². The number of benzene rings is 2. The lowest BCUT2D eigenvalue weighted by molar-refractivity contribution is 0.0906. The molecule has 0 radical (unpaired) electrons. The van der Waals surface area contributed by atoms with Gasteiger partial charge >= 0.3 is 0 Å². The van der Waals surface area contributed by atoms with E-state index in [-0.39, 0.29) is 18.0 Å². The Morgan fingerprint density at radius 3 is 2.58 bits per heavy atom. The third-order valence-electron chi connectivity index (χ3n) is 6.51. The molecule has 2 fully saturated rings. The van der Waals surface area contributed by atoms with Crippen LogP contribution in [-0.4, -0.2) is 71.1 Å². The fourth-order valence-electron chi connectivity index (χ4n) is 4.76. The van der Waals surface area contributed by atoms with Crippen LogP contribution in [-0.2, 0) is 11.3 Å². The van der Waals surface area contributed by atoms with Crippen LogP contribution in [0.4, 0.5) is 10.1 Å². The Labute approximate surface area is 192 Å². The molecule has 5 rings (SSSR count). The fourth-order valence-corrected chi connectivity index (χ4v) is 4.76. The highest BCUT2D eigenvalue weighted by Gasteiger charge is 2.32. The molecule has 0 amide bonds. The first-order chi connectivity index (χ1) is 16.2. The average Bonchev–Trinajstić information content (AvgIpc) is 3.54. The molecule has 8 nitrogen and oxygen atoms in total. The highest BCUT2D eigenvalue weighted by Crippen LogP contribution is 2.31. The van der Waals surface area contributed by atoms with Crippen molar-refractivity contribution in [2.75, 3.05) is 44.8 Å². The number of tetrazole rings is 1. The van der Waals surface area contributed by atoms with E-state index in [9.17, 15) is 4.39 Å². The molecule has 2 aromatic carbocycles. The molecule has 2 atom stereocenters. The number of piperazine rings is 1. The molecule has 2 aliphatic heterocycles. The number of nitrogens with zero attached hydrogens (tertiary/aromatic N) is 6. The van der Waals surface area contributed by atoms with Gasteiger partial charge < -0.3 is 14.4 Å². The molecule has 3 aromatic rings. The summed E-state index contributed by atoms with van der Waals surface area (Å²) in [4.78, 5) is 4.48. The Kier molecular flexibility index (Phi) is 6.50. The number of hydrogen-bond acceptors (Lipinski definition) is 7. The quantitative estimate of drug-likeness (QED) is 0.546. The lowest BCUT2D eigenvalue weighted by atomic mass is 10.0. The van der Waals surface area contributed by atoms with Gasteiger partial charge in [-0.05, 0) is 53.1 Å². The van der Waals surface area contributed by atoms with E-state index < -0.39 is 0 Å². The zero-order valence-corrected chi connectivity index (χ0v) is 18.8. The Morgan fingerprint density at radius 2 is 1.88 bits per heavy atom. The first kappa shape index (κ1) is 21.8. The van der Waals surface area contributed by atoms with Gasteiger partial charge in [0.2, 0.25) is 0 Å². The number of rotatable bonds is 7. The van der Waals surface area contributed by atoms with Crippen LogP contribution in [0.5, 0.6) is 5.75 Å².